The van der Waals surface area contributed by atoms with E-state index in [-0.39, 0.29) is 5.91 Å². The molecule has 27 heavy (non-hydrogen) atoms. The van der Waals surface area contributed by atoms with Crippen LogP contribution in [-0.4, -0.2) is 38.7 Å². The minimum atomic E-state index is -0.148. The molecule has 3 rings (SSSR count). The molecule has 6 nitrogen and oxygen atoms in total. The van der Waals surface area contributed by atoms with Crippen molar-refractivity contribution in [2.45, 2.75) is 34.2 Å². The molecule has 0 saturated heterocycles. The number of rotatable bonds is 6. The number of hydrogen-bond acceptors (Lipinski definition) is 4. The zero-order chi connectivity index (χ0) is 19.6. The van der Waals surface area contributed by atoms with Gasteiger partial charge < -0.3 is 5.32 Å². The van der Waals surface area contributed by atoms with E-state index in [0.29, 0.717) is 11.3 Å². The van der Waals surface area contributed by atoms with E-state index in [4.69, 9.17) is 0 Å². The number of nitrogens with zero attached hydrogens (tertiary/aromatic N) is 4. The van der Waals surface area contributed by atoms with Crippen molar-refractivity contribution in [3.05, 3.63) is 52.8 Å². The highest BCUT2D eigenvalue weighted by Gasteiger charge is 2.16. The second-order valence-electron chi connectivity index (χ2n) is 6.82. The van der Waals surface area contributed by atoms with E-state index >= 15 is 0 Å². The quantitative estimate of drug-likeness (QED) is 0.724. The topological polar surface area (TPSA) is 63.1 Å². The van der Waals surface area contributed by atoms with E-state index in [2.05, 4.69) is 40.2 Å². The SMILES string of the molecule is CCN(CC)Cc1cccc(NC(=O)c2cc3c(C)nn(C)c3nc2C)c1. The van der Waals surface area contributed by atoms with Gasteiger partial charge in [-0.25, -0.2) is 4.98 Å². The maximum absolute atomic E-state index is 12.9. The molecule has 0 aliphatic heterocycles. The van der Waals surface area contributed by atoms with Crippen molar-refractivity contribution in [1.29, 1.82) is 0 Å². The Balaban J connectivity index is 1.84. The lowest BCUT2D eigenvalue weighted by molar-refractivity contribution is 0.102. The Labute approximate surface area is 160 Å². The third-order valence-electron chi connectivity index (χ3n) is 4.92. The van der Waals surface area contributed by atoms with Crippen LogP contribution in [0.3, 0.4) is 0 Å². The lowest BCUT2D eigenvalue weighted by Gasteiger charge is -2.18. The minimum absolute atomic E-state index is 0.148. The zero-order valence-corrected chi connectivity index (χ0v) is 16.7. The molecule has 6 heteroatoms. The summed E-state index contributed by atoms with van der Waals surface area (Å²) in [6.07, 6.45) is 0. The van der Waals surface area contributed by atoms with Gasteiger partial charge in [0.05, 0.1) is 17.0 Å². The third kappa shape index (κ3) is 4.01. The molecule has 2 aromatic heterocycles. The van der Waals surface area contributed by atoms with E-state index in [9.17, 15) is 4.79 Å². The molecule has 2 heterocycles. The molecule has 3 aromatic rings. The predicted molar refractivity (Wildman–Crippen MR) is 109 cm³/mol. The van der Waals surface area contributed by atoms with Crippen molar-refractivity contribution >= 4 is 22.6 Å². The summed E-state index contributed by atoms with van der Waals surface area (Å²) >= 11 is 0. The smallest absolute Gasteiger partial charge is 0.257 e. The summed E-state index contributed by atoms with van der Waals surface area (Å²) in [4.78, 5) is 19.8. The fourth-order valence-corrected chi connectivity index (χ4v) is 3.31. The molecule has 0 spiro atoms. The lowest BCUT2D eigenvalue weighted by Crippen LogP contribution is -2.22. The fraction of sp³-hybridized carbons (Fsp3) is 0.381. The second kappa shape index (κ2) is 7.88. The Bertz CT molecular complexity index is 972. The van der Waals surface area contributed by atoms with Crippen molar-refractivity contribution in [3.8, 4) is 0 Å². The minimum Gasteiger partial charge on any atom is -0.322 e. The van der Waals surface area contributed by atoms with Crippen LogP contribution in [0.4, 0.5) is 5.69 Å². The molecular weight excluding hydrogens is 338 g/mol. The standard InChI is InChI=1S/C21H27N5O/c1-6-26(7-2)13-16-9-8-10-17(11-16)23-21(27)19-12-18-15(4)24-25(5)20(18)22-14(19)3/h8-12H,6-7,13H2,1-5H3,(H,23,27). The van der Waals surface area contributed by atoms with Crippen molar-refractivity contribution in [3.63, 3.8) is 0 Å². The van der Waals surface area contributed by atoms with Gasteiger partial charge in [-0.05, 0) is 50.7 Å². The Kier molecular flexibility index (Phi) is 5.56. The molecule has 1 aromatic carbocycles. The summed E-state index contributed by atoms with van der Waals surface area (Å²) in [5.74, 6) is -0.148. The van der Waals surface area contributed by atoms with Gasteiger partial charge in [0.15, 0.2) is 5.65 Å². The highest BCUT2D eigenvalue weighted by Crippen LogP contribution is 2.21. The molecule has 142 valence electrons. The van der Waals surface area contributed by atoms with Gasteiger partial charge in [0.25, 0.3) is 5.91 Å². The highest BCUT2D eigenvalue weighted by molar-refractivity contribution is 6.06. The first-order chi connectivity index (χ1) is 12.9. The van der Waals surface area contributed by atoms with Gasteiger partial charge in [0.1, 0.15) is 0 Å². The largest absolute Gasteiger partial charge is 0.322 e. The van der Waals surface area contributed by atoms with Gasteiger partial charge >= 0.3 is 0 Å². The predicted octanol–water partition coefficient (Wildman–Crippen LogP) is 3.68. The van der Waals surface area contributed by atoms with Gasteiger partial charge in [-0.3, -0.25) is 14.4 Å². The maximum atomic E-state index is 12.9. The third-order valence-corrected chi connectivity index (χ3v) is 4.92. The molecule has 1 N–H and O–H groups in total. The molecule has 0 atom stereocenters. The van der Waals surface area contributed by atoms with Crippen LogP contribution in [0.25, 0.3) is 11.0 Å². The van der Waals surface area contributed by atoms with Gasteiger partial charge in [-0.1, -0.05) is 26.0 Å². The number of anilines is 1. The summed E-state index contributed by atoms with van der Waals surface area (Å²) in [6, 6.07) is 9.90. The monoisotopic (exact) mass is 365 g/mol. The Morgan fingerprint density at radius 2 is 1.89 bits per heavy atom. The van der Waals surface area contributed by atoms with Crippen LogP contribution in [-0.2, 0) is 13.6 Å². The van der Waals surface area contributed by atoms with E-state index in [0.717, 1.165) is 42.0 Å². The van der Waals surface area contributed by atoms with E-state index in [1.807, 2.05) is 45.2 Å². The lowest BCUT2D eigenvalue weighted by atomic mass is 10.1. The number of carbonyl (C=O) groups is 1. The summed E-state index contributed by atoms with van der Waals surface area (Å²) in [5.41, 5.74) is 4.92. The number of benzene rings is 1. The van der Waals surface area contributed by atoms with Crippen LogP contribution in [0.1, 0.15) is 41.2 Å². The van der Waals surface area contributed by atoms with E-state index in [1.54, 1.807) is 4.68 Å². The fourth-order valence-electron chi connectivity index (χ4n) is 3.31. The first-order valence-corrected chi connectivity index (χ1v) is 9.36. The van der Waals surface area contributed by atoms with Crippen molar-refractivity contribution < 1.29 is 4.79 Å². The number of nitrogens with one attached hydrogen (secondary N) is 1. The molecule has 0 fully saturated rings. The molecular formula is C21H27N5O. The number of carbonyl (C=O) groups excluding carboxylic acids is 1. The van der Waals surface area contributed by atoms with Crippen LogP contribution in [0.15, 0.2) is 30.3 Å². The molecule has 0 aliphatic carbocycles. The first kappa shape index (κ1) is 19.0. The molecule has 0 unspecified atom stereocenters. The number of hydrogen-bond donors (Lipinski definition) is 1. The van der Waals surface area contributed by atoms with Gasteiger partial charge in [-0.15, -0.1) is 0 Å². The second-order valence-corrected chi connectivity index (χ2v) is 6.82. The maximum Gasteiger partial charge on any atom is 0.257 e. The molecule has 0 aliphatic rings. The van der Waals surface area contributed by atoms with E-state index < -0.39 is 0 Å². The Morgan fingerprint density at radius 1 is 1.15 bits per heavy atom. The van der Waals surface area contributed by atoms with Crippen LogP contribution < -0.4 is 5.32 Å². The summed E-state index contributed by atoms with van der Waals surface area (Å²) in [5, 5.41) is 8.31. The number of aromatic nitrogens is 3. The molecule has 1 amide bonds. The molecule has 0 saturated carbocycles. The average molecular weight is 365 g/mol. The highest BCUT2D eigenvalue weighted by atomic mass is 16.1. The Hall–Kier alpha value is -2.73. The number of amides is 1. The van der Waals surface area contributed by atoms with Crippen LogP contribution in [0.2, 0.25) is 0 Å². The Morgan fingerprint density at radius 3 is 2.59 bits per heavy atom. The van der Waals surface area contributed by atoms with Gasteiger partial charge in [0.2, 0.25) is 0 Å². The van der Waals surface area contributed by atoms with Crippen LogP contribution >= 0.6 is 0 Å². The summed E-state index contributed by atoms with van der Waals surface area (Å²) in [6.45, 7) is 11.0. The normalized spacial score (nSPS) is 11.3. The molecule has 0 radical (unpaired) electrons. The van der Waals surface area contributed by atoms with Crippen LogP contribution in [0, 0.1) is 13.8 Å². The number of pyridine rings is 1. The summed E-state index contributed by atoms with van der Waals surface area (Å²) in [7, 11) is 1.86. The first-order valence-electron chi connectivity index (χ1n) is 9.36. The van der Waals surface area contributed by atoms with Crippen molar-refractivity contribution in [2.75, 3.05) is 18.4 Å². The molecule has 0 bridgehead atoms. The van der Waals surface area contributed by atoms with Gasteiger partial charge in [0, 0.05) is 24.7 Å². The zero-order valence-electron chi connectivity index (χ0n) is 16.7. The van der Waals surface area contributed by atoms with Gasteiger partial charge in [-0.2, -0.15) is 5.10 Å². The average Bonchev–Trinajstić information content (AvgIpc) is 2.92. The number of aryl methyl sites for hydroxylation is 3. The van der Waals surface area contributed by atoms with E-state index in [1.165, 1.54) is 5.56 Å². The van der Waals surface area contributed by atoms with Crippen molar-refractivity contribution in [2.24, 2.45) is 7.05 Å². The van der Waals surface area contributed by atoms with Crippen molar-refractivity contribution in [1.82, 2.24) is 19.7 Å². The van der Waals surface area contributed by atoms with Crippen LogP contribution in [0.5, 0.6) is 0 Å². The number of fused-ring (bicyclic) bond motifs is 1. The summed E-state index contributed by atoms with van der Waals surface area (Å²) < 4.78 is 1.75.